The van der Waals surface area contributed by atoms with Crippen molar-refractivity contribution in [1.29, 1.82) is 0 Å². The summed E-state index contributed by atoms with van der Waals surface area (Å²) in [6, 6.07) is 74.9. The summed E-state index contributed by atoms with van der Waals surface area (Å²) < 4.78 is 9.74. The minimum Gasteiger partial charge on any atom is -0.305 e. The Morgan fingerprint density at radius 2 is 0.628 bits per heavy atom. The second-order valence-corrected chi connectivity index (χ2v) is 20.5. The minimum absolute atomic E-state index is 0.762. The zero-order chi connectivity index (χ0) is 51.6. The molecule has 0 aliphatic carbocycles. The third kappa shape index (κ3) is 6.47. The zero-order valence-corrected chi connectivity index (χ0v) is 42.7. The highest BCUT2D eigenvalue weighted by atomic mass is 15.2. The van der Waals surface area contributed by atoms with Crippen LogP contribution in [0, 0.1) is 13.8 Å². The number of rotatable bonds is 7. The molecule has 16 rings (SSSR count). The lowest BCUT2D eigenvalue weighted by Crippen LogP contribution is -2.16. The van der Waals surface area contributed by atoms with E-state index < -0.39 is 0 Å². The Morgan fingerprint density at radius 1 is 0.269 bits per heavy atom. The summed E-state index contributed by atoms with van der Waals surface area (Å²) in [4.78, 5) is 20.6. The molecule has 0 saturated heterocycles. The summed E-state index contributed by atoms with van der Waals surface area (Å²) in [7, 11) is 0. The highest BCUT2D eigenvalue weighted by molar-refractivity contribution is 6.16. The minimum atomic E-state index is 0.762. The summed E-state index contributed by atoms with van der Waals surface area (Å²) >= 11 is 0. The average molecular weight is 999 g/mol. The van der Waals surface area contributed by atoms with E-state index in [4.69, 9.17) is 19.9 Å². The number of fused-ring (bicyclic) bond motifs is 12. The molecule has 8 nitrogen and oxygen atoms in total. The molecule has 0 atom stereocenters. The van der Waals surface area contributed by atoms with Crippen molar-refractivity contribution < 1.29 is 0 Å². The molecular weight excluding hydrogens is 953 g/mol. The van der Waals surface area contributed by atoms with Crippen molar-refractivity contribution >= 4 is 87.2 Å². The Bertz CT molecular complexity index is 4840. The first-order valence-electron chi connectivity index (χ1n) is 26.4. The fraction of sp³-hybridized carbons (Fsp3) is 0.0286. The van der Waals surface area contributed by atoms with Gasteiger partial charge in [-0.05, 0) is 102 Å². The molecule has 8 aromatic carbocycles. The normalized spacial score (nSPS) is 12.0. The largest absolute Gasteiger partial charge is 0.305 e. The van der Waals surface area contributed by atoms with Gasteiger partial charge >= 0.3 is 0 Å². The lowest BCUT2D eigenvalue weighted by atomic mass is 9.97. The van der Waals surface area contributed by atoms with Crippen LogP contribution in [0.1, 0.15) is 11.1 Å². The average Bonchev–Trinajstić information content (AvgIpc) is 4.32. The van der Waals surface area contributed by atoms with Crippen LogP contribution in [0.15, 0.2) is 243 Å². The Morgan fingerprint density at radius 3 is 1.06 bits per heavy atom. The second-order valence-electron chi connectivity index (χ2n) is 20.5. The van der Waals surface area contributed by atoms with Crippen LogP contribution in [0.3, 0.4) is 0 Å². The van der Waals surface area contributed by atoms with Crippen LogP contribution < -0.4 is 0 Å². The number of benzene rings is 8. The zero-order valence-electron chi connectivity index (χ0n) is 42.7. The van der Waals surface area contributed by atoms with Crippen molar-refractivity contribution in [3.63, 3.8) is 0 Å². The number of hydrogen-bond donors (Lipinski definition) is 0. The van der Waals surface area contributed by atoms with Crippen molar-refractivity contribution in [2.75, 3.05) is 0 Å². The molecule has 78 heavy (non-hydrogen) atoms. The van der Waals surface area contributed by atoms with E-state index in [0.29, 0.717) is 0 Å². The van der Waals surface area contributed by atoms with Gasteiger partial charge in [-0.15, -0.1) is 0 Å². The molecule has 0 unspecified atom stereocenters. The number of aromatic nitrogens is 8. The summed E-state index contributed by atoms with van der Waals surface area (Å²) in [6.07, 6.45) is 11.7. The lowest BCUT2D eigenvalue weighted by Gasteiger charge is -2.27. The molecular formula is C70H46N8. The van der Waals surface area contributed by atoms with Crippen LogP contribution in [0.5, 0.6) is 0 Å². The first kappa shape index (κ1) is 43.9. The van der Waals surface area contributed by atoms with Gasteiger partial charge in [0.1, 0.15) is 11.4 Å². The van der Waals surface area contributed by atoms with Gasteiger partial charge in [-0.25, -0.2) is 4.98 Å². The van der Waals surface area contributed by atoms with Gasteiger partial charge in [-0.1, -0.05) is 157 Å². The lowest BCUT2D eigenvalue weighted by molar-refractivity contribution is 0.960. The van der Waals surface area contributed by atoms with Crippen LogP contribution >= 0.6 is 0 Å². The highest BCUT2D eigenvalue weighted by Gasteiger charge is 2.33. The van der Waals surface area contributed by atoms with Gasteiger partial charge in [0.05, 0.1) is 44.1 Å². The molecule has 16 aromatic rings. The number of hydrogen-bond acceptors (Lipinski definition) is 4. The third-order valence-corrected chi connectivity index (χ3v) is 15.9. The van der Waals surface area contributed by atoms with Crippen molar-refractivity contribution in [1.82, 2.24) is 38.2 Å². The van der Waals surface area contributed by atoms with Gasteiger partial charge in [-0.3, -0.25) is 24.1 Å². The van der Waals surface area contributed by atoms with Gasteiger partial charge < -0.3 is 9.13 Å². The van der Waals surface area contributed by atoms with Gasteiger partial charge in [0.15, 0.2) is 11.6 Å². The molecule has 0 radical (unpaired) electrons. The Labute approximate surface area is 448 Å². The van der Waals surface area contributed by atoms with E-state index in [1.807, 2.05) is 37.2 Å². The van der Waals surface area contributed by atoms with E-state index in [1.165, 1.54) is 0 Å². The van der Waals surface area contributed by atoms with Gasteiger partial charge in [0.25, 0.3) is 0 Å². The van der Waals surface area contributed by atoms with Crippen molar-refractivity contribution in [3.05, 3.63) is 255 Å². The monoisotopic (exact) mass is 998 g/mol. The molecule has 8 aromatic heterocycles. The van der Waals surface area contributed by atoms with Crippen LogP contribution in [-0.4, -0.2) is 38.2 Å². The van der Waals surface area contributed by atoms with E-state index in [-0.39, 0.29) is 0 Å². The Hall–Kier alpha value is -10.4. The number of aryl methyl sites for hydroxylation is 2. The smallest absolute Gasteiger partial charge is 0.165 e. The van der Waals surface area contributed by atoms with Crippen molar-refractivity contribution in [3.8, 4) is 56.4 Å². The fourth-order valence-electron chi connectivity index (χ4n) is 12.7. The van der Waals surface area contributed by atoms with E-state index >= 15 is 0 Å². The standard InChI is InChI=1S/C70H46N8/c1-43-35-44(2)37-49(36-43)66-67(75-58-22-12-9-19-50(58)55-40-71-32-29-63(55)75)69(77-59-23-13-10-20-51(59)56-41-72-33-30-64(56)77)74-70(78-60-24-14-11-21-52(60)57-42-73-34-31-65(57)78)68(66)76-61-27-25-47(45-15-5-3-6-16-45)38-53(61)54-39-48(26-28-62(54)76)46-17-7-4-8-18-46/h3-42H,1-2H3. The molecule has 0 aliphatic rings. The summed E-state index contributed by atoms with van der Waals surface area (Å²) in [5.41, 5.74) is 19.0. The predicted octanol–water partition coefficient (Wildman–Crippen LogP) is 17.3. The molecule has 0 saturated carbocycles. The summed E-state index contributed by atoms with van der Waals surface area (Å²) in [5, 5.41) is 8.69. The van der Waals surface area contributed by atoms with Crippen LogP contribution in [-0.2, 0) is 0 Å². The molecule has 8 heterocycles. The van der Waals surface area contributed by atoms with Crippen LogP contribution in [0.25, 0.3) is 144 Å². The molecule has 366 valence electrons. The Kier molecular flexibility index (Phi) is 9.59. The van der Waals surface area contributed by atoms with Crippen molar-refractivity contribution in [2.24, 2.45) is 0 Å². The van der Waals surface area contributed by atoms with Gasteiger partial charge in [-0.2, -0.15) is 0 Å². The van der Waals surface area contributed by atoms with Crippen LogP contribution in [0.4, 0.5) is 0 Å². The number of pyridine rings is 4. The van der Waals surface area contributed by atoms with E-state index in [0.717, 1.165) is 155 Å². The van der Waals surface area contributed by atoms with Gasteiger partial charge in [0.2, 0.25) is 0 Å². The first-order valence-corrected chi connectivity index (χ1v) is 26.4. The van der Waals surface area contributed by atoms with E-state index in [2.05, 4.69) is 238 Å². The fourth-order valence-corrected chi connectivity index (χ4v) is 12.7. The number of para-hydroxylation sites is 3. The summed E-state index contributed by atoms with van der Waals surface area (Å²) in [6.45, 7) is 4.42. The van der Waals surface area contributed by atoms with Crippen LogP contribution in [0.2, 0.25) is 0 Å². The number of nitrogens with zero attached hydrogens (tertiary/aromatic N) is 8. The molecule has 0 spiro atoms. The molecule has 0 bridgehead atoms. The third-order valence-electron chi connectivity index (χ3n) is 15.9. The topological polar surface area (TPSA) is 71.3 Å². The highest BCUT2D eigenvalue weighted by Crippen LogP contribution is 2.49. The first-order chi connectivity index (χ1) is 38.6. The molecule has 8 heteroatoms. The quantitative estimate of drug-likeness (QED) is 0.159. The predicted molar refractivity (Wildman–Crippen MR) is 321 cm³/mol. The maximum absolute atomic E-state index is 6.39. The van der Waals surface area contributed by atoms with Crippen molar-refractivity contribution in [2.45, 2.75) is 13.8 Å². The molecule has 0 N–H and O–H groups in total. The maximum atomic E-state index is 6.39. The molecule has 0 aliphatic heterocycles. The molecule has 0 amide bonds. The van der Waals surface area contributed by atoms with E-state index in [1.54, 1.807) is 0 Å². The van der Waals surface area contributed by atoms with E-state index in [9.17, 15) is 0 Å². The second kappa shape index (κ2) is 17.0. The summed E-state index contributed by atoms with van der Waals surface area (Å²) in [5.74, 6) is 1.53. The SMILES string of the molecule is Cc1cc(C)cc(-c2c(-n3c4ccccc4c4cnccc43)c(-n3c4ccccc4c4cnccc43)nc(-n3c4ccccc4c4cnccc43)c2-n2c3ccc(-c4ccccc4)cc3c3cc(-c4ccccc4)ccc32)c1. The Balaban J connectivity index is 1.21. The molecule has 0 fully saturated rings. The maximum Gasteiger partial charge on any atom is 0.165 e. The van der Waals surface area contributed by atoms with Gasteiger partial charge in [0, 0.05) is 85.8 Å².